The summed E-state index contributed by atoms with van der Waals surface area (Å²) in [7, 11) is 3.24. The monoisotopic (exact) mass is 249 g/mol. The maximum atomic E-state index is 11.9. The molecule has 18 heavy (non-hydrogen) atoms. The minimum Gasteiger partial charge on any atom is -0.372 e. The highest BCUT2D eigenvalue weighted by Crippen LogP contribution is 2.16. The Balaban J connectivity index is 2.09. The van der Waals surface area contributed by atoms with E-state index in [1.165, 1.54) is 7.05 Å². The van der Waals surface area contributed by atoms with Gasteiger partial charge >= 0.3 is 0 Å². The van der Waals surface area contributed by atoms with Crippen molar-refractivity contribution in [2.45, 2.75) is 18.9 Å². The minimum absolute atomic E-state index is 0.145. The highest BCUT2D eigenvalue weighted by Gasteiger charge is 2.31. The lowest BCUT2D eigenvalue weighted by Gasteiger charge is -2.28. The lowest BCUT2D eigenvalue weighted by molar-refractivity contribution is -0.146. The van der Waals surface area contributed by atoms with Crippen LogP contribution < -0.4 is 10.6 Å². The van der Waals surface area contributed by atoms with Gasteiger partial charge in [-0.3, -0.25) is 19.5 Å². The first kappa shape index (κ1) is 12.3. The number of rotatable bonds is 3. The molecule has 1 unspecified atom stereocenters. The van der Waals surface area contributed by atoms with Gasteiger partial charge in [-0.2, -0.15) is 0 Å². The molecular formula is C11H15N5O2. The van der Waals surface area contributed by atoms with Crippen molar-refractivity contribution in [3.05, 3.63) is 12.4 Å². The first-order valence-electron chi connectivity index (χ1n) is 5.68. The molecule has 1 aromatic heterocycles. The van der Waals surface area contributed by atoms with Crippen LogP contribution in [0.5, 0.6) is 0 Å². The molecule has 0 saturated carbocycles. The van der Waals surface area contributed by atoms with Crippen LogP contribution >= 0.6 is 0 Å². The number of imide groups is 1. The molecule has 1 fully saturated rings. The van der Waals surface area contributed by atoms with Crippen molar-refractivity contribution >= 4 is 23.5 Å². The number of carbonyl (C=O) groups is 2. The van der Waals surface area contributed by atoms with Crippen molar-refractivity contribution in [2.24, 2.45) is 0 Å². The highest BCUT2D eigenvalue weighted by molar-refractivity contribution is 6.01. The normalized spacial score (nSPS) is 19.9. The van der Waals surface area contributed by atoms with Gasteiger partial charge in [0.2, 0.25) is 5.91 Å². The van der Waals surface area contributed by atoms with Gasteiger partial charge in [0.05, 0.1) is 12.4 Å². The fourth-order valence-corrected chi connectivity index (χ4v) is 1.78. The third-order valence-electron chi connectivity index (χ3n) is 2.86. The van der Waals surface area contributed by atoms with Crippen molar-refractivity contribution < 1.29 is 9.59 Å². The van der Waals surface area contributed by atoms with Crippen molar-refractivity contribution in [3.8, 4) is 0 Å². The summed E-state index contributed by atoms with van der Waals surface area (Å²) in [6, 6.07) is -0.422. The van der Waals surface area contributed by atoms with Crippen LogP contribution in [0.4, 0.5) is 11.6 Å². The SMILES string of the molecule is CNc1cncc(NC2CCC(=O)N(C)C2=O)n1. The van der Waals surface area contributed by atoms with Crippen LogP contribution in [0.1, 0.15) is 12.8 Å². The quantitative estimate of drug-likeness (QED) is 0.738. The maximum Gasteiger partial charge on any atom is 0.251 e. The summed E-state index contributed by atoms with van der Waals surface area (Å²) in [5, 5.41) is 5.87. The van der Waals surface area contributed by atoms with Gasteiger partial charge in [-0.25, -0.2) is 4.98 Å². The molecule has 7 nitrogen and oxygen atoms in total. The molecule has 0 aliphatic carbocycles. The molecule has 1 aliphatic rings. The summed E-state index contributed by atoms with van der Waals surface area (Å²) in [6.07, 6.45) is 3.97. The number of carbonyl (C=O) groups excluding carboxylic acids is 2. The first-order valence-corrected chi connectivity index (χ1v) is 5.68. The third kappa shape index (κ3) is 2.39. The van der Waals surface area contributed by atoms with Crippen LogP contribution in [-0.2, 0) is 9.59 Å². The Morgan fingerprint density at radius 1 is 1.33 bits per heavy atom. The third-order valence-corrected chi connectivity index (χ3v) is 2.86. The van der Waals surface area contributed by atoms with Gasteiger partial charge < -0.3 is 10.6 Å². The van der Waals surface area contributed by atoms with Crippen LogP contribution in [0.3, 0.4) is 0 Å². The summed E-state index contributed by atoms with van der Waals surface area (Å²) in [6.45, 7) is 0. The van der Waals surface area contributed by atoms with Crippen LogP contribution in [0.25, 0.3) is 0 Å². The predicted octanol–water partition coefficient (Wildman–Crippen LogP) is 0.0776. The van der Waals surface area contributed by atoms with Crippen LogP contribution in [-0.4, -0.2) is 46.8 Å². The minimum atomic E-state index is -0.422. The number of piperidine rings is 1. The second-order valence-corrected chi connectivity index (χ2v) is 4.07. The zero-order valence-electron chi connectivity index (χ0n) is 10.3. The maximum absolute atomic E-state index is 11.9. The molecule has 1 atom stereocenters. The number of hydrogen-bond donors (Lipinski definition) is 2. The number of likely N-dealkylation sites (tertiary alicyclic amines) is 1. The molecule has 2 amide bonds. The molecule has 2 N–H and O–H groups in total. The van der Waals surface area contributed by atoms with Gasteiger partial charge in [0.15, 0.2) is 0 Å². The van der Waals surface area contributed by atoms with Gasteiger partial charge in [0, 0.05) is 20.5 Å². The number of amides is 2. The Kier molecular flexibility index (Phi) is 3.40. The number of hydrogen-bond acceptors (Lipinski definition) is 6. The van der Waals surface area contributed by atoms with Crippen molar-refractivity contribution in [3.63, 3.8) is 0 Å². The molecule has 1 aromatic rings. The second-order valence-electron chi connectivity index (χ2n) is 4.07. The van der Waals surface area contributed by atoms with Crippen LogP contribution in [0.15, 0.2) is 12.4 Å². The van der Waals surface area contributed by atoms with Crippen molar-refractivity contribution in [2.75, 3.05) is 24.7 Å². The van der Waals surface area contributed by atoms with E-state index >= 15 is 0 Å². The van der Waals surface area contributed by atoms with Crippen LogP contribution in [0.2, 0.25) is 0 Å². The van der Waals surface area contributed by atoms with E-state index in [1.54, 1.807) is 19.4 Å². The summed E-state index contributed by atoms with van der Waals surface area (Å²) < 4.78 is 0. The largest absolute Gasteiger partial charge is 0.372 e. The van der Waals surface area contributed by atoms with E-state index in [0.717, 1.165) is 4.90 Å². The van der Waals surface area contributed by atoms with E-state index in [9.17, 15) is 9.59 Å². The zero-order valence-corrected chi connectivity index (χ0v) is 10.3. The number of nitrogens with zero attached hydrogens (tertiary/aromatic N) is 3. The number of likely N-dealkylation sites (N-methyl/N-ethyl adjacent to an activating group) is 1. The average molecular weight is 249 g/mol. The van der Waals surface area contributed by atoms with E-state index in [0.29, 0.717) is 24.5 Å². The molecule has 2 rings (SSSR count). The fraction of sp³-hybridized carbons (Fsp3) is 0.455. The van der Waals surface area contributed by atoms with Crippen molar-refractivity contribution in [1.29, 1.82) is 0 Å². The van der Waals surface area contributed by atoms with Gasteiger partial charge in [-0.15, -0.1) is 0 Å². The zero-order chi connectivity index (χ0) is 13.1. The standard InChI is InChI=1S/C11H15N5O2/c1-12-8-5-13-6-9(15-8)14-7-3-4-10(17)16(2)11(7)18/h5-7H,3-4H2,1-2H3,(H2,12,14,15). The van der Waals surface area contributed by atoms with Gasteiger partial charge in [0.1, 0.15) is 17.7 Å². The lowest BCUT2D eigenvalue weighted by atomic mass is 10.0. The Labute approximate surface area is 105 Å². The van der Waals surface area contributed by atoms with E-state index in [1.807, 2.05) is 0 Å². The van der Waals surface area contributed by atoms with Gasteiger partial charge in [0.25, 0.3) is 5.91 Å². The average Bonchev–Trinajstić information content (AvgIpc) is 2.40. The fourth-order valence-electron chi connectivity index (χ4n) is 1.78. The Morgan fingerprint density at radius 2 is 2.06 bits per heavy atom. The Morgan fingerprint density at radius 3 is 2.78 bits per heavy atom. The molecule has 0 spiro atoms. The molecule has 7 heteroatoms. The topological polar surface area (TPSA) is 87.2 Å². The summed E-state index contributed by atoms with van der Waals surface area (Å²) in [5.74, 6) is 0.756. The number of aromatic nitrogens is 2. The molecular weight excluding hydrogens is 234 g/mol. The highest BCUT2D eigenvalue weighted by atomic mass is 16.2. The number of nitrogens with one attached hydrogen (secondary N) is 2. The molecule has 96 valence electrons. The Hall–Kier alpha value is -2.18. The first-order chi connectivity index (χ1) is 8.61. The van der Waals surface area contributed by atoms with E-state index in [4.69, 9.17) is 0 Å². The smallest absolute Gasteiger partial charge is 0.251 e. The summed E-state index contributed by atoms with van der Waals surface area (Å²) >= 11 is 0. The molecule has 1 aliphatic heterocycles. The summed E-state index contributed by atoms with van der Waals surface area (Å²) in [4.78, 5) is 32.6. The molecule has 2 heterocycles. The van der Waals surface area contributed by atoms with E-state index in [2.05, 4.69) is 20.6 Å². The molecule has 0 bridgehead atoms. The molecule has 0 aromatic carbocycles. The number of anilines is 2. The predicted molar refractivity (Wildman–Crippen MR) is 66.0 cm³/mol. The lowest BCUT2D eigenvalue weighted by Crippen LogP contribution is -2.48. The molecule has 0 radical (unpaired) electrons. The Bertz CT molecular complexity index is 476. The van der Waals surface area contributed by atoms with Gasteiger partial charge in [-0.05, 0) is 6.42 Å². The second kappa shape index (κ2) is 4.99. The van der Waals surface area contributed by atoms with Crippen molar-refractivity contribution in [1.82, 2.24) is 14.9 Å². The van der Waals surface area contributed by atoms with Gasteiger partial charge in [-0.1, -0.05) is 0 Å². The molecule has 1 saturated heterocycles. The van der Waals surface area contributed by atoms with E-state index in [-0.39, 0.29) is 11.8 Å². The van der Waals surface area contributed by atoms with E-state index < -0.39 is 6.04 Å². The van der Waals surface area contributed by atoms with Crippen LogP contribution in [0, 0.1) is 0 Å². The summed E-state index contributed by atoms with van der Waals surface area (Å²) in [5.41, 5.74) is 0.